The van der Waals surface area contributed by atoms with Crippen LogP contribution in [-0.4, -0.2) is 95.0 Å². The normalized spacial score (nSPS) is 23.2. The van der Waals surface area contributed by atoms with Crippen molar-refractivity contribution in [2.75, 3.05) is 46.1 Å². The zero-order valence-electron chi connectivity index (χ0n) is 21.6. The van der Waals surface area contributed by atoms with Crippen molar-refractivity contribution in [3.05, 3.63) is 23.3 Å². The van der Waals surface area contributed by atoms with Gasteiger partial charge in [0.1, 0.15) is 0 Å². The molecule has 2 saturated heterocycles. The molecule has 0 saturated carbocycles. The van der Waals surface area contributed by atoms with E-state index in [1.54, 1.807) is 17.0 Å². The number of aliphatic hydroxyl groups is 1. The van der Waals surface area contributed by atoms with Gasteiger partial charge in [0.05, 0.1) is 25.7 Å². The fourth-order valence-corrected chi connectivity index (χ4v) is 5.54. The number of carbonyl (C=O) groups excluding carboxylic acids is 2. The smallest absolute Gasteiger partial charge is 0.308 e. The van der Waals surface area contributed by atoms with E-state index in [0.717, 1.165) is 19.3 Å². The predicted octanol–water partition coefficient (Wildman–Crippen LogP) is 1.58. The molecule has 0 radical (unpaired) electrons. The molecule has 11 heteroatoms. The second kappa shape index (κ2) is 12.1. The van der Waals surface area contributed by atoms with Gasteiger partial charge in [0.25, 0.3) is 5.91 Å². The van der Waals surface area contributed by atoms with Crippen molar-refractivity contribution in [1.29, 1.82) is 0 Å². The predicted molar refractivity (Wildman–Crippen MR) is 132 cm³/mol. The highest BCUT2D eigenvalue weighted by atomic mass is 16.7. The van der Waals surface area contributed by atoms with E-state index in [1.807, 2.05) is 18.7 Å². The van der Waals surface area contributed by atoms with E-state index in [1.165, 1.54) is 5.06 Å². The van der Waals surface area contributed by atoms with Crippen LogP contribution in [0, 0.1) is 5.92 Å². The van der Waals surface area contributed by atoms with E-state index in [0.29, 0.717) is 55.3 Å². The van der Waals surface area contributed by atoms with Crippen LogP contribution < -0.4 is 9.47 Å². The summed E-state index contributed by atoms with van der Waals surface area (Å²) in [4.78, 5) is 47.7. The molecule has 0 spiro atoms. The van der Waals surface area contributed by atoms with Crippen LogP contribution in [0.2, 0.25) is 0 Å². The molecule has 3 heterocycles. The Labute approximate surface area is 216 Å². The van der Waals surface area contributed by atoms with E-state index in [4.69, 9.17) is 14.3 Å². The molecule has 2 N–H and O–H groups in total. The molecule has 204 valence electrons. The van der Waals surface area contributed by atoms with Gasteiger partial charge in [-0.05, 0) is 37.0 Å². The van der Waals surface area contributed by atoms with Crippen molar-refractivity contribution in [2.24, 2.45) is 5.92 Å². The highest BCUT2D eigenvalue weighted by molar-refractivity contribution is 5.80. The SMILES string of the molecule is CCCON(CCC)C(=O)CN1C[C@H](c2cc(CO)c3c(c2)OCO3)[C@@H](C(=O)O)[C@@H]1CN1CCCC1=O. The summed E-state index contributed by atoms with van der Waals surface area (Å²) >= 11 is 0. The van der Waals surface area contributed by atoms with Crippen LogP contribution in [0.3, 0.4) is 0 Å². The zero-order valence-corrected chi connectivity index (χ0v) is 21.6. The molecule has 37 heavy (non-hydrogen) atoms. The number of carboxylic acid groups (broad SMARTS) is 1. The minimum Gasteiger partial charge on any atom is -0.481 e. The Kier molecular flexibility index (Phi) is 8.88. The first-order chi connectivity index (χ1) is 17.9. The monoisotopic (exact) mass is 519 g/mol. The van der Waals surface area contributed by atoms with Crippen LogP contribution in [0.4, 0.5) is 0 Å². The third kappa shape index (κ3) is 5.83. The molecule has 2 fully saturated rings. The van der Waals surface area contributed by atoms with Crippen molar-refractivity contribution in [3.63, 3.8) is 0 Å². The van der Waals surface area contributed by atoms with Gasteiger partial charge < -0.3 is 24.6 Å². The number of carbonyl (C=O) groups is 3. The number of likely N-dealkylation sites (tertiary alicyclic amines) is 2. The van der Waals surface area contributed by atoms with Crippen LogP contribution in [0.5, 0.6) is 11.5 Å². The van der Waals surface area contributed by atoms with Gasteiger partial charge in [-0.25, -0.2) is 5.06 Å². The molecule has 3 aliphatic heterocycles. The second-order valence-corrected chi connectivity index (χ2v) is 9.81. The van der Waals surface area contributed by atoms with Gasteiger partial charge in [-0.2, -0.15) is 0 Å². The van der Waals surface area contributed by atoms with Crippen LogP contribution in [0.25, 0.3) is 0 Å². The molecular weight excluding hydrogens is 482 g/mol. The molecule has 3 atom stereocenters. The summed E-state index contributed by atoms with van der Waals surface area (Å²) < 4.78 is 11.0. The van der Waals surface area contributed by atoms with Gasteiger partial charge in [0, 0.05) is 50.1 Å². The number of aliphatic hydroxyl groups excluding tert-OH is 1. The van der Waals surface area contributed by atoms with Crippen molar-refractivity contribution in [2.45, 2.75) is 58.1 Å². The summed E-state index contributed by atoms with van der Waals surface area (Å²) in [5.41, 5.74) is 1.22. The second-order valence-electron chi connectivity index (χ2n) is 9.81. The van der Waals surface area contributed by atoms with Crippen molar-refractivity contribution in [1.82, 2.24) is 14.9 Å². The van der Waals surface area contributed by atoms with Crippen molar-refractivity contribution in [3.8, 4) is 11.5 Å². The van der Waals surface area contributed by atoms with Gasteiger partial charge >= 0.3 is 5.97 Å². The molecule has 0 unspecified atom stereocenters. The lowest BCUT2D eigenvalue weighted by Crippen LogP contribution is -2.49. The molecule has 0 bridgehead atoms. The minimum atomic E-state index is -0.993. The number of hydrogen-bond donors (Lipinski definition) is 2. The van der Waals surface area contributed by atoms with Gasteiger partial charge in [-0.15, -0.1) is 0 Å². The average molecular weight is 520 g/mol. The number of rotatable bonds is 12. The highest BCUT2D eigenvalue weighted by Gasteiger charge is 2.49. The Hall–Kier alpha value is -2.89. The number of benzene rings is 1. The number of hydrogen-bond acceptors (Lipinski definition) is 8. The van der Waals surface area contributed by atoms with Gasteiger partial charge in [0.2, 0.25) is 12.7 Å². The average Bonchev–Trinajstić information content (AvgIpc) is 3.60. The minimum absolute atomic E-state index is 0.00315. The Bertz CT molecular complexity index is 1000. The van der Waals surface area contributed by atoms with E-state index in [-0.39, 0.29) is 38.3 Å². The zero-order chi connectivity index (χ0) is 26.5. The standard InChI is InChI=1S/C26H37N3O8/c1-3-7-29(37-9-4-2)23(32)14-28-12-19(17-10-18(15-30)25-21(11-17)35-16-36-25)24(26(33)34)20(28)13-27-8-5-6-22(27)31/h10-11,19-20,24,30H,3-9,12-16H2,1-2H3,(H,33,34)/t19-,20+,24-/m1/s1. The lowest BCUT2D eigenvalue weighted by atomic mass is 9.84. The molecular formula is C26H37N3O8. The third-order valence-corrected chi connectivity index (χ3v) is 7.28. The summed E-state index contributed by atoms with van der Waals surface area (Å²) in [5.74, 6) is -1.65. The number of ether oxygens (including phenoxy) is 2. The molecule has 1 aromatic carbocycles. The van der Waals surface area contributed by atoms with Crippen LogP contribution in [0.15, 0.2) is 12.1 Å². The number of aliphatic carboxylic acids is 1. The van der Waals surface area contributed by atoms with Crippen molar-refractivity contribution >= 4 is 17.8 Å². The quantitative estimate of drug-likeness (QED) is 0.396. The molecule has 3 aliphatic rings. The topological polar surface area (TPSA) is 129 Å². The number of nitrogens with zero attached hydrogens (tertiary/aromatic N) is 3. The lowest BCUT2D eigenvalue weighted by Gasteiger charge is -2.31. The molecule has 11 nitrogen and oxygen atoms in total. The number of carboxylic acids is 1. The first kappa shape index (κ1) is 27.2. The van der Waals surface area contributed by atoms with E-state index >= 15 is 0 Å². The van der Waals surface area contributed by atoms with Gasteiger partial charge in [0.15, 0.2) is 11.5 Å². The summed E-state index contributed by atoms with van der Waals surface area (Å²) in [5, 5.41) is 21.6. The first-order valence-corrected chi connectivity index (χ1v) is 13.1. The maximum atomic E-state index is 13.3. The summed E-state index contributed by atoms with van der Waals surface area (Å²) in [6.45, 7) is 5.63. The molecule has 0 aliphatic carbocycles. The van der Waals surface area contributed by atoms with Crippen molar-refractivity contribution < 1.29 is 38.9 Å². The van der Waals surface area contributed by atoms with Gasteiger partial charge in [-0.3, -0.25) is 24.1 Å². The Balaban J connectivity index is 1.65. The van der Waals surface area contributed by atoms with Crippen LogP contribution >= 0.6 is 0 Å². The Morgan fingerprint density at radius 1 is 1.22 bits per heavy atom. The maximum Gasteiger partial charge on any atom is 0.308 e. The number of fused-ring (bicyclic) bond motifs is 1. The molecule has 1 aromatic rings. The first-order valence-electron chi connectivity index (χ1n) is 13.1. The maximum absolute atomic E-state index is 13.3. The summed E-state index contributed by atoms with van der Waals surface area (Å²) in [6.07, 6.45) is 2.67. The Morgan fingerprint density at radius 2 is 2.03 bits per heavy atom. The van der Waals surface area contributed by atoms with Crippen LogP contribution in [-0.2, 0) is 25.8 Å². The number of hydroxylamine groups is 2. The Morgan fingerprint density at radius 3 is 2.68 bits per heavy atom. The fraction of sp³-hybridized carbons (Fsp3) is 0.654. The molecule has 0 aromatic heterocycles. The lowest BCUT2D eigenvalue weighted by molar-refractivity contribution is -0.188. The summed E-state index contributed by atoms with van der Waals surface area (Å²) in [6, 6.07) is 2.95. The molecule has 4 rings (SSSR count). The third-order valence-electron chi connectivity index (χ3n) is 7.28. The van der Waals surface area contributed by atoms with Gasteiger partial charge in [-0.1, -0.05) is 13.8 Å². The largest absolute Gasteiger partial charge is 0.481 e. The number of amides is 2. The fourth-order valence-electron chi connectivity index (χ4n) is 5.54. The van der Waals surface area contributed by atoms with E-state index in [9.17, 15) is 24.6 Å². The van der Waals surface area contributed by atoms with E-state index < -0.39 is 23.8 Å². The van der Waals surface area contributed by atoms with E-state index in [2.05, 4.69) is 0 Å². The summed E-state index contributed by atoms with van der Waals surface area (Å²) in [7, 11) is 0. The van der Waals surface area contributed by atoms with Crippen LogP contribution in [0.1, 0.15) is 56.6 Å². The highest BCUT2D eigenvalue weighted by Crippen LogP contribution is 2.44. The molecule has 2 amide bonds.